The Balaban J connectivity index is 3.09. The summed E-state index contributed by atoms with van der Waals surface area (Å²) in [7, 11) is 1.38. The molecule has 104 valence electrons. The zero-order valence-corrected chi connectivity index (χ0v) is 10.0. The van der Waals surface area contributed by atoms with Gasteiger partial charge in [-0.25, -0.2) is 4.39 Å². The third-order valence-electron chi connectivity index (χ3n) is 2.35. The highest BCUT2D eigenvalue weighted by Gasteiger charge is 2.25. The van der Waals surface area contributed by atoms with Crippen molar-refractivity contribution in [2.45, 2.75) is 12.6 Å². The molecule has 0 fully saturated rings. The minimum Gasteiger partial charge on any atom is -0.388 e. The van der Waals surface area contributed by atoms with Crippen LogP contribution in [0, 0.1) is 5.82 Å². The average molecular weight is 276 g/mol. The summed E-state index contributed by atoms with van der Waals surface area (Å²) < 4.78 is 50.0. The molecule has 0 atom stereocenters. The van der Waals surface area contributed by atoms with Gasteiger partial charge in [0, 0.05) is 23.9 Å². The fraction of sp³-hybridized carbons (Fsp3) is 0.250. The number of hydrogen-bond acceptors (Lipinski definition) is 2. The van der Waals surface area contributed by atoms with E-state index in [1.165, 1.54) is 19.2 Å². The minimum absolute atomic E-state index is 0.00848. The molecular formula is C12H12F4N2O. The van der Waals surface area contributed by atoms with Crippen LogP contribution in [0.15, 0.2) is 24.3 Å². The Hall–Kier alpha value is -2.05. The summed E-state index contributed by atoms with van der Waals surface area (Å²) in [5.41, 5.74) is 4.86. The van der Waals surface area contributed by atoms with Gasteiger partial charge in [-0.15, -0.1) is 0 Å². The van der Waals surface area contributed by atoms with Gasteiger partial charge in [-0.1, -0.05) is 6.08 Å². The molecule has 0 aromatic heterocycles. The Morgan fingerprint density at radius 1 is 1.42 bits per heavy atom. The molecule has 0 aliphatic rings. The SMILES string of the molecule is CN/C(=C\CC(F)(F)F)c1ccc(C(N)=O)cc1F. The highest BCUT2D eigenvalue weighted by atomic mass is 19.4. The molecule has 1 aromatic rings. The summed E-state index contributed by atoms with van der Waals surface area (Å²) in [6.45, 7) is 0. The second-order valence-corrected chi connectivity index (χ2v) is 3.75. The number of amides is 1. The molecule has 0 saturated heterocycles. The normalized spacial score (nSPS) is 12.4. The molecule has 7 heteroatoms. The summed E-state index contributed by atoms with van der Waals surface area (Å²) in [6, 6.07) is 3.34. The number of hydrogen-bond donors (Lipinski definition) is 2. The van der Waals surface area contributed by atoms with Gasteiger partial charge in [0.1, 0.15) is 5.82 Å². The average Bonchev–Trinajstić information content (AvgIpc) is 2.29. The predicted molar refractivity (Wildman–Crippen MR) is 62.6 cm³/mol. The van der Waals surface area contributed by atoms with Crippen LogP contribution in [-0.2, 0) is 0 Å². The van der Waals surface area contributed by atoms with E-state index in [1.807, 2.05) is 0 Å². The van der Waals surface area contributed by atoms with Crippen LogP contribution < -0.4 is 11.1 Å². The zero-order valence-electron chi connectivity index (χ0n) is 10.0. The first-order chi connectivity index (χ1) is 8.74. The van der Waals surface area contributed by atoms with E-state index in [0.29, 0.717) is 0 Å². The summed E-state index contributed by atoms with van der Waals surface area (Å²) >= 11 is 0. The Labute approximate surface area is 107 Å². The van der Waals surface area contributed by atoms with Gasteiger partial charge < -0.3 is 11.1 Å². The Kier molecular flexibility index (Phi) is 4.52. The van der Waals surface area contributed by atoms with E-state index >= 15 is 0 Å². The van der Waals surface area contributed by atoms with Gasteiger partial charge in [-0.05, 0) is 18.2 Å². The molecule has 0 radical (unpaired) electrons. The van der Waals surface area contributed by atoms with Crippen LogP contribution in [-0.4, -0.2) is 19.1 Å². The summed E-state index contributed by atoms with van der Waals surface area (Å²) in [6.07, 6.45) is -4.71. The van der Waals surface area contributed by atoms with E-state index in [9.17, 15) is 22.4 Å². The van der Waals surface area contributed by atoms with Crippen molar-refractivity contribution in [1.29, 1.82) is 0 Å². The quantitative estimate of drug-likeness (QED) is 0.830. The van der Waals surface area contributed by atoms with E-state index in [1.54, 1.807) is 0 Å². The van der Waals surface area contributed by atoms with E-state index in [-0.39, 0.29) is 16.8 Å². The molecular weight excluding hydrogens is 264 g/mol. The topological polar surface area (TPSA) is 55.1 Å². The maximum Gasteiger partial charge on any atom is 0.392 e. The monoisotopic (exact) mass is 276 g/mol. The minimum atomic E-state index is -4.37. The lowest BCUT2D eigenvalue weighted by molar-refractivity contribution is -0.124. The van der Waals surface area contributed by atoms with Crippen molar-refractivity contribution >= 4 is 11.6 Å². The first-order valence-corrected chi connectivity index (χ1v) is 5.29. The number of rotatable bonds is 4. The van der Waals surface area contributed by atoms with E-state index in [2.05, 4.69) is 5.32 Å². The maximum absolute atomic E-state index is 13.7. The van der Waals surface area contributed by atoms with Gasteiger partial charge in [-0.3, -0.25) is 4.79 Å². The van der Waals surface area contributed by atoms with Gasteiger partial charge >= 0.3 is 6.18 Å². The Morgan fingerprint density at radius 2 is 2.05 bits per heavy atom. The standard InChI is InChI=1S/C12H12F4N2O/c1-18-10(4-5-12(14,15)16)8-3-2-7(11(17)19)6-9(8)13/h2-4,6,18H,5H2,1H3,(H2,17,19)/b10-4-. The van der Waals surface area contributed by atoms with Crippen molar-refractivity contribution in [2.75, 3.05) is 7.05 Å². The zero-order chi connectivity index (χ0) is 14.6. The molecule has 0 aliphatic carbocycles. The van der Waals surface area contributed by atoms with Crippen molar-refractivity contribution in [3.8, 4) is 0 Å². The summed E-state index contributed by atoms with van der Waals surface area (Å²) in [5.74, 6) is -1.63. The van der Waals surface area contributed by atoms with E-state index in [4.69, 9.17) is 5.73 Å². The maximum atomic E-state index is 13.7. The molecule has 19 heavy (non-hydrogen) atoms. The van der Waals surface area contributed by atoms with Crippen LogP contribution in [0.1, 0.15) is 22.3 Å². The fourth-order valence-electron chi connectivity index (χ4n) is 1.45. The van der Waals surface area contributed by atoms with Crippen LogP contribution in [0.2, 0.25) is 0 Å². The van der Waals surface area contributed by atoms with Crippen LogP contribution >= 0.6 is 0 Å². The van der Waals surface area contributed by atoms with Gasteiger partial charge in [0.25, 0.3) is 0 Å². The van der Waals surface area contributed by atoms with Gasteiger partial charge in [-0.2, -0.15) is 13.2 Å². The third kappa shape index (κ3) is 4.27. The molecule has 3 N–H and O–H groups in total. The number of primary amides is 1. The Bertz CT molecular complexity index is 509. The molecule has 0 bridgehead atoms. The predicted octanol–water partition coefficient (Wildman–Crippen LogP) is 2.44. The first-order valence-electron chi connectivity index (χ1n) is 5.29. The van der Waals surface area contributed by atoms with Crippen molar-refractivity contribution < 1.29 is 22.4 Å². The smallest absolute Gasteiger partial charge is 0.388 e. The van der Waals surface area contributed by atoms with E-state index in [0.717, 1.165) is 12.1 Å². The van der Waals surface area contributed by atoms with Crippen LogP contribution in [0.3, 0.4) is 0 Å². The van der Waals surface area contributed by atoms with Crippen molar-refractivity contribution in [2.24, 2.45) is 5.73 Å². The van der Waals surface area contributed by atoms with Gasteiger partial charge in [0.2, 0.25) is 5.91 Å². The van der Waals surface area contributed by atoms with Crippen LogP contribution in [0.25, 0.3) is 5.70 Å². The lowest BCUT2D eigenvalue weighted by Gasteiger charge is -2.10. The van der Waals surface area contributed by atoms with E-state index < -0.39 is 24.3 Å². The molecule has 0 spiro atoms. The molecule has 1 amide bonds. The fourth-order valence-corrected chi connectivity index (χ4v) is 1.45. The second kappa shape index (κ2) is 5.73. The molecule has 0 heterocycles. The number of benzene rings is 1. The van der Waals surface area contributed by atoms with Gasteiger partial charge in [0.05, 0.1) is 6.42 Å². The first kappa shape index (κ1) is 15.0. The van der Waals surface area contributed by atoms with Crippen LogP contribution in [0.5, 0.6) is 0 Å². The van der Waals surface area contributed by atoms with Crippen LogP contribution in [0.4, 0.5) is 17.6 Å². The molecule has 1 rings (SSSR count). The summed E-state index contributed by atoms with van der Waals surface area (Å²) in [4.78, 5) is 10.8. The molecule has 0 saturated carbocycles. The van der Waals surface area contributed by atoms with Crippen molar-refractivity contribution in [1.82, 2.24) is 5.32 Å². The molecule has 0 unspecified atom stereocenters. The number of allylic oxidation sites excluding steroid dienone is 1. The molecule has 3 nitrogen and oxygen atoms in total. The highest BCUT2D eigenvalue weighted by Crippen LogP contribution is 2.24. The Morgan fingerprint density at radius 3 is 2.47 bits per heavy atom. The summed E-state index contributed by atoms with van der Waals surface area (Å²) in [5, 5.41) is 2.49. The number of carbonyl (C=O) groups excluding carboxylic acids is 1. The number of carbonyl (C=O) groups is 1. The number of alkyl halides is 3. The van der Waals surface area contributed by atoms with Crippen molar-refractivity contribution in [3.63, 3.8) is 0 Å². The third-order valence-corrected chi connectivity index (χ3v) is 2.35. The van der Waals surface area contributed by atoms with Crippen molar-refractivity contribution in [3.05, 3.63) is 41.2 Å². The number of halogens is 4. The largest absolute Gasteiger partial charge is 0.392 e. The van der Waals surface area contributed by atoms with Gasteiger partial charge in [0.15, 0.2) is 0 Å². The lowest BCUT2D eigenvalue weighted by atomic mass is 10.1. The molecule has 1 aromatic carbocycles. The highest BCUT2D eigenvalue weighted by molar-refractivity contribution is 5.93. The second-order valence-electron chi connectivity index (χ2n) is 3.75. The lowest BCUT2D eigenvalue weighted by Crippen LogP contribution is -2.13. The molecule has 0 aliphatic heterocycles. The number of nitrogens with two attached hydrogens (primary N) is 1. The number of nitrogens with one attached hydrogen (secondary N) is 1.